The SMILES string of the molecule is Cc1ccc(-n2cnnc2SCC(=O)Nc2ccccc2N2CCOC2=O)cc1Cl. The van der Waals surface area contributed by atoms with Crippen LogP contribution in [0.2, 0.25) is 5.02 Å². The predicted molar refractivity (Wildman–Crippen MR) is 116 cm³/mol. The van der Waals surface area contributed by atoms with Gasteiger partial charge in [-0.2, -0.15) is 0 Å². The number of thioether (sulfide) groups is 1. The molecule has 1 aliphatic heterocycles. The van der Waals surface area contributed by atoms with Crippen LogP contribution in [0, 0.1) is 6.92 Å². The maximum atomic E-state index is 12.6. The molecule has 1 fully saturated rings. The molecule has 8 nitrogen and oxygen atoms in total. The number of aryl methyl sites for hydroxylation is 1. The Balaban J connectivity index is 1.44. The highest BCUT2D eigenvalue weighted by molar-refractivity contribution is 7.99. The number of nitrogens with one attached hydrogen (secondary N) is 1. The first-order chi connectivity index (χ1) is 14.5. The van der Waals surface area contributed by atoms with Crippen molar-refractivity contribution in [3.8, 4) is 5.69 Å². The summed E-state index contributed by atoms with van der Waals surface area (Å²) in [6.07, 6.45) is 1.16. The number of ether oxygens (including phenoxy) is 1. The first kappa shape index (κ1) is 20.2. The quantitative estimate of drug-likeness (QED) is 0.581. The van der Waals surface area contributed by atoms with E-state index in [1.165, 1.54) is 16.7 Å². The lowest BCUT2D eigenvalue weighted by Gasteiger charge is -2.17. The van der Waals surface area contributed by atoms with Crippen molar-refractivity contribution < 1.29 is 14.3 Å². The summed E-state index contributed by atoms with van der Waals surface area (Å²) in [4.78, 5) is 25.9. The van der Waals surface area contributed by atoms with Gasteiger partial charge in [-0.05, 0) is 36.8 Å². The molecule has 0 unspecified atom stereocenters. The van der Waals surface area contributed by atoms with E-state index < -0.39 is 6.09 Å². The molecule has 0 atom stereocenters. The zero-order chi connectivity index (χ0) is 21.1. The van der Waals surface area contributed by atoms with Crippen molar-refractivity contribution in [1.82, 2.24) is 14.8 Å². The standard InChI is InChI=1S/C20H18ClN5O3S/c1-13-6-7-14(10-15(13)21)26-12-22-24-19(26)30-11-18(27)23-16-4-2-3-5-17(16)25-8-9-29-20(25)28/h2-7,10,12H,8-9,11H2,1H3,(H,23,27). The van der Waals surface area contributed by atoms with Crippen molar-refractivity contribution in [3.63, 3.8) is 0 Å². The number of anilines is 2. The lowest BCUT2D eigenvalue weighted by molar-refractivity contribution is -0.113. The summed E-state index contributed by atoms with van der Waals surface area (Å²) in [5, 5.41) is 12.1. The van der Waals surface area contributed by atoms with Gasteiger partial charge in [-0.15, -0.1) is 10.2 Å². The van der Waals surface area contributed by atoms with Gasteiger partial charge in [-0.1, -0.05) is 41.6 Å². The highest BCUT2D eigenvalue weighted by atomic mass is 35.5. The van der Waals surface area contributed by atoms with Crippen molar-refractivity contribution in [3.05, 3.63) is 59.4 Å². The fourth-order valence-corrected chi connectivity index (χ4v) is 3.88. The molecule has 0 spiro atoms. The zero-order valence-electron chi connectivity index (χ0n) is 16.0. The average molecular weight is 444 g/mol. The molecule has 1 aliphatic rings. The van der Waals surface area contributed by atoms with Crippen LogP contribution < -0.4 is 10.2 Å². The van der Waals surface area contributed by atoms with Crippen LogP contribution in [0.25, 0.3) is 5.69 Å². The summed E-state index contributed by atoms with van der Waals surface area (Å²) in [6.45, 7) is 2.70. The summed E-state index contributed by atoms with van der Waals surface area (Å²) >= 11 is 7.47. The van der Waals surface area contributed by atoms with E-state index >= 15 is 0 Å². The maximum Gasteiger partial charge on any atom is 0.414 e. The second-order valence-corrected chi connectivity index (χ2v) is 7.89. The molecule has 0 bridgehead atoms. The van der Waals surface area contributed by atoms with Crippen LogP contribution in [-0.4, -0.2) is 45.7 Å². The lowest BCUT2D eigenvalue weighted by Crippen LogP contribution is -2.25. The van der Waals surface area contributed by atoms with E-state index in [1.807, 2.05) is 25.1 Å². The Hall–Kier alpha value is -3.04. The summed E-state index contributed by atoms with van der Waals surface area (Å²) in [6, 6.07) is 12.8. The number of para-hydroxylation sites is 2. The van der Waals surface area contributed by atoms with Gasteiger partial charge in [0.05, 0.1) is 29.4 Å². The Morgan fingerprint density at radius 2 is 2.13 bits per heavy atom. The average Bonchev–Trinajstić information content (AvgIpc) is 3.38. The number of cyclic esters (lactones) is 1. The second-order valence-electron chi connectivity index (χ2n) is 6.54. The Bertz CT molecular complexity index is 1100. The van der Waals surface area contributed by atoms with Gasteiger partial charge in [-0.25, -0.2) is 4.79 Å². The molecular weight excluding hydrogens is 426 g/mol. The van der Waals surface area contributed by atoms with Gasteiger partial charge in [0.1, 0.15) is 12.9 Å². The van der Waals surface area contributed by atoms with Crippen LogP contribution in [0.1, 0.15) is 5.56 Å². The molecule has 10 heteroatoms. The van der Waals surface area contributed by atoms with E-state index in [-0.39, 0.29) is 11.7 Å². The molecule has 1 N–H and O–H groups in total. The van der Waals surface area contributed by atoms with Gasteiger partial charge in [0.2, 0.25) is 5.91 Å². The topological polar surface area (TPSA) is 89.3 Å². The number of carbonyl (C=O) groups excluding carboxylic acids is 2. The number of hydrogen-bond acceptors (Lipinski definition) is 6. The first-order valence-corrected chi connectivity index (χ1v) is 10.5. The molecule has 1 saturated heterocycles. The van der Waals surface area contributed by atoms with Gasteiger partial charge < -0.3 is 10.1 Å². The lowest BCUT2D eigenvalue weighted by atomic mass is 10.2. The van der Waals surface area contributed by atoms with Crippen molar-refractivity contribution >= 4 is 46.7 Å². The van der Waals surface area contributed by atoms with E-state index in [0.29, 0.717) is 34.7 Å². The van der Waals surface area contributed by atoms with Gasteiger partial charge in [-0.3, -0.25) is 14.3 Å². The number of hydrogen-bond donors (Lipinski definition) is 1. The minimum atomic E-state index is -0.420. The molecule has 30 heavy (non-hydrogen) atoms. The largest absolute Gasteiger partial charge is 0.447 e. The molecule has 0 saturated carbocycles. The summed E-state index contributed by atoms with van der Waals surface area (Å²) in [5.41, 5.74) is 2.95. The van der Waals surface area contributed by atoms with Gasteiger partial charge in [0.15, 0.2) is 5.16 Å². The Kier molecular flexibility index (Phi) is 5.91. The third-order valence-corrected chi connectivity index (χ3v) is 5.86. The molecule has 3 aromatic rings. The Morgan fingerprint density at radius 1 is 1.30 bits per heavy atom. The third kappa shape index (κ3) is 4.27. The molecule has 2 amide bonds. The summed E-state index contributed by atoms with van der Waals surface area (Å²) in [7, 11) is 0. The van der Waals surface area contributed by atoms with Crippen LogP contribution in [-0.2, 0) is 9.53 Å². The molecule has 4 rings (SSSR count). The van der Waals surface area contributed by atoms with Crippen LogP contribution in [0.15, 0.2) is 53.9 Å². The second kappa shape index (κ2) is 8.76. The monoisotopic (exact) mass is 443 g/mol. The molecule has 0 aliphatic carbocycles. The number of carbonyl (C=O) groups is 2. The smallest absolute Gasteiger partial charge is 0.414 e. The van der Waals surface area contributed by atoms with Crippen LogP contribution in [0.5, 0.6) is 0 Å². The molecule has 2 aromatic carbocycles. The third-order valence-electron chi connectivity index (χ3n) is 4.51. The van der Waals surface area contributed by atoms with Crippen molar-refractivity contribution in [2.24, 2.45) is 0 Å². The van der Waals surface area contributed by atoms with Crippen LogP contribution in [0.4, 0.5) is 16.2 Å². The van der Waals surface area contributed by atoms with Crippen molar-refractivity contribution in [2.75, 3.05) is 29.1 Å². The zero-order valence-corrected chi connectivity index (χ0v) is 17.6. The number of aromatic nitrogens is 3. The van der Waals surface area contributed by atoms with E-state index in [0.717, 1.165) is 11.3 Å². The molecule has 0 radical (unpaired) electrons. The fraction of sp³-hybridized carbons (Fsp3) is 0.200. The number of rotatable bonds is 6. The van der Waals surface area contributed by atoms with E-state index in [2.05, 4.69) is 15.5 Å². The summed E-state index contributed by atoms with van der Waals surface area (Å²) < 4.78 is 6.77. The number of benzene rings is 2. The van der Waals surface area contributed by atoms with Crippen molar-refractivity contribution in [1.29, 1.82) is 0 Å². The number of nitrogens with zero attached hydrogens (tertiary/aromatic N) is 4. The maximum absolute atomic E-state index is 12.6. The minimum absolute atomic E-state index is 0.122. The first-order valence-electron chi connectivity index (χ1n) is 9.15. The molecule has 154 valence electrons. The van der Waals surface area contributed by atoms with Crippen molar-refractivity contribution in [2.45, 2.75) is 12.1 Å². The van der Waals surface area contributed by atoms with Gasteiger partial charge in [0, 0.05) is 5.02 Å². The van der Waals surface area contributed by atoms with E-state index in [1.54, 1.807) is 35.2 Å². The van der Waals surface area contributed by atoms with Crippen LogP contribution >= 0.6 is 23.4 Å². The minimum Gasteiger partial charge on any atom is -0.447 e. The predicted octanol–water partition coefficient (Wildman–Crippen LogP) is 3.92. The fourth-order valence-electron chi connectivity index (χ4n) is 2.97. The van der Waals surface area contributed by atoms with E-state index in [4.69, 9.17) is 16.3 Å². The van der Waals surface area contributed by atoms with E-state index in [9.17, 15) is 9.59 Å². The molecular formula is C20H18ClN5O3S. The number of halogens is 1. The van der Waals surface area contributed by atoms with Gasteiger partial charge >= 0.3 is 6.09 Å². The normalized spacial score (nSPS) is 13.4. The molecule has 1 aromatic heterocycles. The Morgan fingerprint density at radius 3 is 2.90 bits per heavy atom. The molecule has 2 heterocycles. The summed E-state index contributed by atoms with van der Waals surface area (Å²) in [5.74, 6) is -0.103. The Labute approximate surface area is 182 Å². The highest BCUT2D eigenvalue weighted by Gasteiger charge is 2.26. The highest BCUT2D eigenvalue weighted by Crippen LogP contribution is 2.29. The van der Waals surface area contributed by atoms with Crippen LogP contribution in [0.3, 0.4) is 0 Å². The van der Waals surface area contributed by atoms with Gasteiger partial charge in [0.25, 0.3) is 0 Å². The number of amides is 2.